The Bertz CT molecular complexity index is 314. The third-order valence-corrected chi connectivity index (χ3v) is 5.47. The predicted octanol–water partition coefficient (Wildman–Crippen LogP) is 0.590. The standard InChI is InChI=1S/C10H23N3O2S/c1-4-12(5-2)16(14,15)13-8-6-7-9(3)10(13)11/h9-10H,4-8,11H2,1-3H3. The lowest BCUT2D eigenvalue weighted by atomic mass is 9.99. The van der Waals surface area contributed by atoms with Crippen LogP contribution in [0, 0.1) is 5.92 Å². The first-order chi connectivity index (χ1) is 7.45. The van der Waals surface area contributed by atoms with Gasteiger partial charge in [0.1, 0.15) is 0 Å². The highest BCUT2D eigenvalue weighted by Gasteiger charge is 2.36. The molecule has 1 saturated heterocycles. The van der Waals surface area contributed by atoms with Crippen molar-refractivity contribution in [3.05, 3.63) is 0 Å². The van der Waals surface area contributed by atoms with Gasteiger partial charge in [0.2, 0.25) is 0 Å². The normalized spacial score (nSPS) is 28.6. The molecular weight excluding hydrogens is 226 g/mol. The third kappa shape index (κ3) is 2.56. The number of rotatable bonds is 4. The van der Waals surface area contributed by atoms with Crippen molar-refractivity contribution in [1.82, 2.24) is 8.61 Å². The highest BCUT2D eigenvalue weighted by Crippen LogP contribution is 2.24. The summed E-state index contributed by atoms with van der Waals surface area (Å²) in [7, 11) is -3.36. The van der Waals surface area contributed by atoms with E-state index in [0.29, 0.717) is 19.6 Å². The highest BCUT2D eigenvalue weighted by molar-refractivity contribution is 7.86. The van der Waals surface area contributed by atoms with E-state index >= 15 is 0 Å². The molecule has 96 valence electrons. The molecule has 2 unspecified atom stereocenters. The van der Waals surface area contributed by atoms with Crippen LogP contribution in [0.25, 0.3) is 0 Å². The van der Waals surface area contributed by atoms with Crippen molar-refractivity contribution in [3.8, 4) is 0 Å². The smallest absolute Gasteiger partial charge is 0.283 e. The number of hydrogen-bond donors (Lipinski definition) is 1. The molecule has 0 amide bonds. The van der Waals surface area contributed by atoms with Crippen LogP contribution >= 0.6 is 0 Å². The third-order valence-electron chi connectivity index (χ3n) is 3.28. The summed E-state index contributed by atoms with van der Waals surface area (Å²) in [5.41, 5.74) is 5.98. The largest absolute Gasteiger partial charge is 0.315 e. The molecule has 1 aliphatic rings. The van der Waals surface area contributed by atoms with E-state index in [-0.39, 0.29) is 12.1 Å². The molecule has 2 N–H and O–H groups in total. The summed E-state index contributed by atoms with van der Waals surface area (Å²) in [5, 5.41) is 0. The van der Waals surface area contributed by atoms with Gasteiger partial charge in [-0.05, 0) is 18.8 Å². The Morgan fingerprint density at radius 3 is 2.44 bits per heavy atom. The van der Waals surface area contributed by atoms with Gasteiger partial charge < -0.3 is 5.73 Å². The molecule has 0 spiro atoms. The number of piperidine rings is 1. The Balaban J connectivity index is 2.89. The topological polar surface area (TPSA) is 66.6 Å². The molecule has 0 aromatic carbocycles. The van der Waals surface area contributed by atoms with E-state index in [1.54, 1.807) is 0 Å². The lowest BCUT2D eigenvalue weighted by molar-refractivity contribution is 0.180. The molecule has 16 heavy (non-hydrogen) atoms. The predicted molar refractivity (Wildman–Crippen MR) is 64.9 cm³/mol. The highest BCUT2D eigenvalue weighted by atomic mass is 32.2. The Hall–Kier alpha value is -0.170. The Morgan fingerprint density at radius 1 is 1.38 bits per heavy atom. The molecule has 1 aliphatic heterocycles. The molecule has 6 heteroatoms. The maximum absolute atomic E-state index is 12.3. The van der Waals surface area contributed by atoms with Crippen LogP contribution in [0.5, 0.6) is 0 Å². The van der Waals surface area contributed by atoms with Gasteiger partial charge in [0.05, 0.1) is 6.17 Å². The maximum Gasteiger partial charge on any atom is 0.283 e. The first kappa shape index (κ1) is 13.9. The molecule has 0 bridgehead atoms. The minimum absolute atomic E-state index is 0.235. The van der Waals surface area contributed by atoms with Crippen molar-refractivity contribution < 1.29 is 8.42 Å². The fraction of sp³-hybridized carbons (Fsp3) is 1.00. The zero-order valence-electron chi connectivity index (χ0n) is 10.4. The van der Waals surface area contributed by atoms with Gasteiger partial charge in [-0.3, -0.25) is 0 Å². The van der Waals surface area contributed by atoms with Crippen molar-refractivity contribution in [2.24, 2.45) is 11.7 Å². The van der Waals surface area contributed by atoms with Gasteiger partial charge in [0.15, 0.2) is 0 Å². The van der Waals surface area contributed by atoms with E-state index in [1.165, 1.54) is 8.61 Å². The Labute approximate surface area is 98.8 Å². The first-order valence-corrected chi connectivity index (χ1v) is 7.37. The van der Waals surface area contributed by atoms with Crippen LogP contribution in [0.3, 0.4) is 0 Å². The van der Waals surface area contributed by atoms with Gasteiger partial charge in [0, 0.05) is 19.6 Å². The molecule has 5 nitrogen and oxygen atoms in total. The summed E-state index contributed by atoms with van der Waals surface area (Å²) in [5.74, 6) is 0.235. The van der Waals surface area contributed by atoms with Gasteiger partial charge in [-0.15, -0.1) is 0 Å². The van der Waals surface area contributed by atoms with Crippen molar-refractivity contribution in [2.75, 3.05) is 19.6 Å². The van der Waals surface area contributed by atoms with E-state index in [2.05, 4.69) is 0 Å². The van der Waals surface area contributed by atoms with Crippen LogP contribution in [0.1, 0.15) is 33.6 Å². The Kier molecular flexibility index (Phi) is 4.73. The van der Waals surface area contributed by atoms with E-state index in [4.69, 9.17) is 5.73 Å². The summed E-state index contributed by atoms with van der Waals surface area (Å²) in [6.45, 7) is 7.24. The van der Waals surface area contributed by atoms with Crippen molar-refractivity contribution in [2.45, 2.75) is 39.8 Å². The molecule has 1 fully saturated rings. The maximum atomic E-state index is 12.3. The summed E-state index contributed by atoms with van der Waals surface area (Å²) in [6, 6.07) is 0. The van der Waals surface area contributed by atoms with Crippen LogP contribution in [-0.2, 0) is 10.2 Å². The first-order valence-electron chi connectivity index (χ1n) is 5.97. The molecule has 2 atom stereocenters. The van der Waals surface area contributed by atoms with E-state index in [9.17, 15) is 8.42 Å². The second-order valence-electron chi connectivity index (χ2n) is 4.31. The van der Waals surface area contributed by atoms with Gasteiger partial charge in [-0.1, -0.05) is 20.8 Å². The van der Waals surface area contributed by atoms with E-state index < -0.39 is 10.2 Å². The molecular formula is C10H23N3O2S. The zero-order chi connectivity index (χ0) is 12.3. The average molecular weight is 249 g/mol. The van der Waals surface area contributed by atoms with Crippen molar-refractivity contribution in [1.29, 1.82) is 0 Å². The molecule has 0 saturated carbocycles. The SMILES string of the molecule is CCN(CC)S(=O)(=O)N1CCCC(C)C1N. The van der Waals surface area contributed by atoms with Crippen molar-refractivity contribution in [3.63, 3.8) is 0 Å². The molecule has 1 rings (SSSR count). The zero-order valence-corrected chi connectivity index (χ0v) is 11.2. The molecule has 0 radical (unpaired) electrons. The monoisotopic (exact) mass is 249 g/mol. The van der Waals surface area contributed by atoms with Gasteiger partial charge >= 0.3 is 0 Å². The lowest BCUT2D eigenvalue weighted by Gasteiger charge is -2.38. The molecule has 1 heterocycles. The molecule has 0 aromatic rings. The molecule has 0 aliphatic carbocycles. The van der Waals surface area contributed by atoms with Gasteiger partial charge in [-0.25, -0.2) is 0 Å². The summed E-state index contributed by atoms with van der Waals surface area (Å²) >= 11 is 0. The Morgan fingerprint density at radius 2 is 1.94 bits per heavy atom. The van der Waals surface area contributed by atoms with Crippen LogP contribution in [-0.4, -0.2) is 42.8 Å². The number of hydrogen-bond acceptors (Lipinski definition) is 3. The summed E-state index contributed by atoms with van der Waals surface area (Å²) < 4.78 is 27.5. The average Bonchev–Trinajstić information content (AvgIpc) is 2.23. The second kappa shape index (κ2) is 5.44. The number of nitrogens with zero attached hydrogens (tertiary/aromatic N) is 2. The van der Waals surface area contributed by atoms with Crippen LogP contribution in [0.2, 0.25) is 0 Å². The quantitative estimate of drug-likeness (QED) is 0.793. The molecule has 0 aromatic heterocycles. The van der Waals surface area contributed by atoms with Crippen LogP contribution in [0.4, 0.5) is 0 Å². The summed E-state index contributed by atoms with van der Waals surface area (Å²) in [4.78, 5) is 0. The summed E-state index contributed by atoms with van der Waals surface area (Å²) in [6.07, 6.45) is 1.53. The van der Waals surface area contributed by atoms with Crippen molar-refractivity contribution >= 4 is 10.2 Å². The van der Waals surface area contributed by atoms with E-state index in [0.717, 1.165) is 12.8 Å². The van der Waals surface area contributed by atoms with Crippen LogP contribution < -0.4 is 5.73 Å². The van der Waals surface area contributed by atoms with Crippen LogP contribution in [0.15, 0.2) is 0 Å². The minimum atomic E-state index is -3.36. The fourth-order valence-electron chi connectivity index (χ4n) is 2.14. The van der Waals surface area contributed by atoms with Gasteiger partial charge in [-0.2, -0.15) is 17.0 Å². The number of nitrogens with two attached hydrogens (primary N) is 1. The lowest BCUT2D eigenvalue weighted by Crippen LogP contribution is -2.56. The second-order valence-corrected chi connectivity index (χ2v) is 6.19. The van der Waals surface area contributed by atoms with E-state index in [1.807, 2.05) is 20.8 Å². The van der Waals surface area contributed by atoms with Gasteiger partial charge in [0.25, 0.3) is 10.2 Å². The minimum Gasteiger partial charge on any atom is -0.315 e. The fourth-order valence-corrected chi connectivity index (χ4v) is 3.96.